The molecule has 3 aromatic rings. The van der Waals surface area contributed by atoms with E-state index in [1.807, 2.05) is 12.1 Å². The van der Waals surface area contributed by atoms with Crippen molar-refractivity contribution < 1.29 is 9.68 Å². The Morgan fingerprint density at radius 3 is 2.22 bits per heavy atom. The molecule has 3 aromatic carbocycles. The summed E-state index contributed by atoms with van der Waals surface area (Å²) in [4.78, 5) is 9.44. The molecule has 0 unspecified atom stereocenters. The number of rotatable bonds is 13. The van der Waals surface area contributed by atoms with E-state index >= 15 is 0 Å². The SMILES string of the molecule is NONCCCCc1ccc(OCCN2CCN([C@H](c3ccccc3)c3ccc(Cl)cc3)CC2)cc1. The fourth-order valence-corrected chi connectivity index (χ4v) is 4.90. The molecule has 36 heavy (non-hydrogen) atoms. The average Bonchev–Trinajstić information content (AvgIpc) is 2.92. The first-order valence-electron chi connectivity index (χ1n) is 12.8. The number of hydrogen-bond acceptors (Lipinski definition) is 6. The van der Waals surface area contributed by atoms with Gasteiger partial charge >= 0.3 is 0 Å². The van der Waals surface area contributed by atoms with Crippen LogP contribution in [0.5, 0.6) is 5.75 Å². The van der Waals surface area contributed by atoms with Crippen molar-refractivity contribution in [3.8, 4) is 5.75 Å². The van der Waals surface area contributed by atoms with E-state index in [9.17, 15) is 0 Å². The zero-order valence-corrected chi connectivity index (χ0v) is 21.6. The van der Waals surface area contributed by atoms with Gasteiger partial charge in [-0.25, -0.2) is 4.94 Å². The molecule has 0 amide bonds. The standard InChI is InChI=1S/C29H37ClN4O2/c30-27-13-11-26(12-14-27)29(25-7-2-1-3-8-25)34-20-18-33(19-21-34)22-23-35-28-15-9-24(10-16-28)6-4-5-17-32-36-31/h1-3,7-16,29,32H,4-6,17-23,31H2/t29-/m1/s1. The number of piperazine rings is 1. The van der Waals surface area contributed by atoms with Crippen LogP contribution < -0.4 is 16.1 Å². The lowest BCUT2D eigenvalue weighted by molar-refractivity contribution is 0.0402. The molecular formula is C29H37ClN4O2. The van der Waals surface area contributed by atoms with E-state index < -0.39 is 0 Å². The molecule has 192 valence electrons. The zero-order valence-electron chi connectivity index (χ0n) is 20.8. The normalized spacial score (nSPS) is 15.6. The van der Waals surface area contributed by atoms with Gasteiger partial charge in [0, 0.05) is 44.3 Å². The highest BCUT2D eigenvalue weighted by molar-refractivity contribution is 6.30. The summed E-state index contributed by atoms with van der Waals surface area (Å²) < 4.78 is 6.04. The van der Waals surface area contributed by atoms with Gasteiger partial charge in [0.05, 0.1) is 6.04 Å². The summed E-state index contributed by atoms with van der Waals surface area (Å²) in [6, 6.07) is 27.7. The Labute approximate surface area is 219 Å². The summed E-state index contributed by atoms with van der Waals surface area (Å²) in [5.74, 6) is 5.89. The van der Waals surface area contributed by atoms with Gasteiger partial charge in [0.25, 0.3) is 0 Å². The largest absolute Gasteiger partial charge is 0.492 e. The van der Waals surface area contributed by atoms with Gasteiger partial charge in [-0.15, -0.1) is 0 Å². The molecule has 4 rings (SSSR count). The second kappa shape index (κ2) is 14.3. The van der Waals surface area contributed by atoms with Gasteiger partial charge in [-0.2, -0.15) is 11.4 Å². The predicted octanol–water partition coefficient (Wildman–Crippen LogP) is 4.84. The molecule has 0 bridgehead atoms. The monoisotopic (exact) mass is 508 g/mol. The van der Waals surface area contributed by atoms with Crippen molar-refractivity contribution in [1.82, 2.24) is 15.3 Å². The first-order valence-corrected chi connectivity index (χ1v) is 13.2. The second-order valence-electron chi connectivity index (χ2n) is 9.20. The van der Waals surface area contributed by atoms with Crippen LogP contribution in [0.4, 0.5) is 0 Å². The first-order chi connectivity index (χ1) is 17.7. The number of aryl methyl sites for hydroxylation is 1. The quantitative estimate of drug-likeness (QED) is 0.254. The highest BCUT2D eigenvalue weighted by Gasteiger charge is 2.26. The minimum absolute atomic E-state index is 0.241. The van der Waals surface area contributed by atoms with Gasteiger partial charge in [-0.05, 0) is 60.2 Å². The van der Waals surface area contributed by atoms with Gasteiger partial charge < -0.3 is 4.74 Å². The molecule has 1 aliphatic heterocycles. The summed E-state index contributed by atoms with van der Waals surface area (Å²) in [6.07, 6.45) is 3.15. The molecule has 1 fully saturated rings. The zero-order chi connectivity index (χ0) is 25.0. The highest BCUT2D eigenvalue weighted by atomic mass is 35.5. The van der Waals surface area contributed by atoms with E-state index in [1.54, 1.807) is 0 Å². The molecule has 0 spiro atoms. The third-order valence-corrected chi connectivity index (χ3v) is 7.00. The maximum Gasteiger partial charge on any atom is 0.119 e. The van der Waals surface area contributed by atoms with Gasteiger partial charge in [0.2, 0.25) is 0 Å². The highest BCUT2D eigenvalue weighted by Crippen LogP contribution is 2.30. The molecule has 0 saturated carbocycles. The lowest BCUT2D eigenvalue weighted by Crippen LogP contribution is -2.48. The van der Waals surface area contributed by atoms with E-state index in [0.29, 0.717) is 6.61 Å². The summed E-state index contributed by atoms with van der Waals surface area (Å²) in [5, 5.41) is 0.774. The molecule has 0 aliphatic carbocycles. The van der Waals surface area contributed by atoms with Gasteiger partial charge in [0.1, 0.15) is 12.4 Å². The Hall–Kier alpha value is -2.45. The smallest absolute Gasteiger partial charge is 0.119 e. The van der Waals surface area contributed by atoms with E-state index in [-0.39, 0.29) is 6.04 Å². The number of hydrogen-bond donors (Lipinski definition) is 2. The minimum Gasteiger partial charge on any atom is -0.492 e. The summed E-state index contributed by atoms with van der Waals surface area (Å²) in [6.45, 7) is 6.49. The van der Waals surface area contributed by atoms with E-state index in [2.05, 4.69) is 86.9 Å². The molecule has 0 radical (unpaired) electrons. The third kappa shape index (κ3) is 8.03. The van der Waals surface area contributed by atoms with Crippen LogP contribution in [0, 0.1) is 0 Å². The number of hydroxylamine groups is 1. The van der Waals surface area contributed by atoms with Gasteiger partial charge in [0.15, 0.2) is 0 Å². The molecule has 7 heteroatoms. The van der Waals surface area contributed by atoms with Crippen molar-refractivity contribution >= 4 is 11.6 Å². The maximum absolute atomic E-state index is 6.16. The molecule has 1 heterocycles. The predicted molar refractivity (Wildman–Crippen MR) is 146 cm³/mol. The first kappa shape index (κ1) is 26.6. The van der Waals surface area contributed by atoms with Crippen molar-refractivity contribution in [3.63, 3.8) is 0 Å². The maximum atomic E-state index is 6.16. The lowest BCUT2D eigenvalue weighted by Gasteiger charge is -2.39. The number of nitrogens with two attached hydrogens (primary N) is 1. The molecule has 0 aromatic heterocycles. The van der Waals surface area contributed by atoms with Crippen LogP contribution in [0.2, 0.25) is 5.02 Å². The van der Waals surface area contributed by atoms with Crippen LogP contribution in [-0.2, 0) is 11.4 Å². The molecule has 1 saturated heterocycles. The van der Waals surface area contributed by atoms with Crippen LogP contribution >= 0.6 is 11.6 Å². The number of nitrogens with zero attached hydrogens (tertiary/aromatic N) is 2. The van der Waals surface area contributed by atoms with Crippen molar-refractivity contribution in [2.45, 2.75) is 25.3 Å². The Balaban J connectivity index is 1.22. The van der Waals surface area contributed by atoms with Crippen LogP contribution in [0.15, 0.2) is 78.9 Å². The van der Waals surface area contributed by atoms with Crippen LogP contribution in [0.3, 0.4) is 0 Å². The summed E-state index contributed by atoms with van der Waals surface area (Å²) in [5.41, 5.74) is 6.59. The van der Waals surface area contributed by atoms with Crippen molar-refractivity contribution in [2.24, 2.45) is 5.90 Å². The molecule has 6 nitrogen and oxygen atoms in total. The summed E-state index contributed by atoms with van der Waals surface area (Å²) >= 11 is 6.16. The topological polar surface area (TPSA) is 63.0 Å². The number of benzene rings is 3. The van der Waals surface area contributed by atoms with Crippen LogP contribution in [0.1, 0.15) is 35.6 Å². The number of nitrogens with one attached hydrogen (secondary N) is 1. The van der Waals surface area contributed by atoms with E-state index in [0.717, 1.165) is 69.3 Å². The molecular weight excluding hydrogens is 472 g/mol. The molecule has 1 atom stereocenters. The molecule has 3 N–H and O–H groups in total. The lowest BCUT2D eigenvalue weighted by atomic mass is 9.96. The van der Waals surface area contributed by atoms with Crippen molar-refractivity contribution in [1.29, 1.82) is 0 Å². The van der Waals surface area contributed by atoms with Crippen LogP contribution in [0.25, 0.3) is 0 Å². The van der Waals surface area contributed by atoms with Crippen molar-refractivity contribution in [2.75, 3.05) is 45.9 Å². The Morgan fingerprint density at radius 2 is 1.53 bits per heavy atom. The van der Waals surface area contributed by atoms with E-state index in [4.69, 9.17) is 22.2 Å². The second-order valence-corrected chi connectivity index (χ2v) is 9.64. The fraction of sp³-hybridized carbons (Fsp3) is 0.379. The van der Waals surface area contributed by atoms with Gasteiger partial charge in [-0.1, -0.05) is 66.2 Å². The van der Waals surface area contributed by atoms with Crippen LogP contribution in [-0.4, -0.2) is 55.7 Å². The molecule has 1 aliphatic rings. The fourth-order valence-electron chi connectivity index (χ4n) is 4.77. The minimum atomic E-state index is 0.241. The number of halogens is 1. The number of unbranched alkanes of at least 4 members (excludes halogenated alkanes) is 1. The Kier molecular flexibility index (Phi) is 10.6. The van der Waals surface area contributed by atoms with Gasteiger partial charge in [-0.3, -0.25) is 9.80 Å². The van der Waals surface area contributed by atoms with Crippen molar-refractivity contribution in [3.05, 3.63) is 101 Å². The Bertz CT molecular complexity index is 1010. The Morgan fingerprint density at radius 1 is 0.833 bits per heavy atom. The summed E-state index contributed by atoms with van der Waals surface area (Å²) in [7, 11) is 0. The van der Waals surface area contributed by atoms with E-state index in [1.165, 1.54) is 16.7 Å². The average molecular weight is 509 g/mol. The third-order valence-electron chi connectivity index (χ3n) is 6.75. The number of ether oxygens (including phenoxy) is 1.